The fourth-order valence-electron chi connectivity index (χ4n) is 2.05. The summed E-state index contributed by atoms with van der Waals surface area (Å²) >= 11 is 0. The molecule has 1 aliphatic heterocycles. The van der Waals surface area contributed by atoms with Gasteiger partial charge in [0.1, 0.15) is 0 Å². The van der Waals surface area contributed by atoms with Crippen LogP contribution in [-0.4, -0.2) is 50.2 Å². The lowest BCUT2D eigenvalue weighted by Gasteiger charge is -2.26. The number of nitrogens with two attached hydrogens (primary N) is 2. The number of morpholine rings is 1. The number of hydrogen-bond acceptors (Lipinski definition) is 5. The lowest BCUT2D eigenvalue weighted by Crippen LogP contribution is -2.39. The topological polar surface area (TPSA) is 93.6 Å². The Kier molecular flexibility index (Phi) is 4.59. The summed E-state index contributed by atoms with van der Waals surface area (Å²) in [4.78, 5) is 13.4. The molecule has 19 heavy (non-hydrogen) atoms. The molecule has 0 aromatic heterocycles. The van der Waals surface area contributed by atoms with Crippen molar-refractivity contribution in [2.24, 2.45) is 5.73 Å². The molecule has 1 fully saturated rings. The Morgan fingerprint density at radius 2 is 2.11 bits per heavy atom. The number of nitrogen functional groups attached to an aromatic ring is 1. The van der Waals surface area contributed by atoms with Gasteiger partial charge in [0.2, 0.25) is 5.91 Å². The normalized spacial score (nSPS) is 16.2. The van der Waals surface area contributed by atoms with Crippen molar-refractivity contribution in [2.75, 3.05) is 50.4 Å². The average molecular weight is 264 g/mol. The van der Waals surface area contributed by atoms with Crippen LogP contribution in [0.5, 0.6) is 0 Å². The summed E-state index contributed by atoms with van der Waals surface area (Å²) in [5.74, 6) is -0.466. The predicted octanol–water partition coefficient (Wildman–Crippen LogP) is 0.112. The van der Waals surface area contributed by atoms with Crippen molar-refractivity contribution < 1.29 is 9.53 Å². The van der Waals surface area contributed by atoms with Gasteiger partial charge in [-0.2, -0.15) is 0 Å². The maximum absolute atomic E-state index is 11.0. The maximum atomic E-state index is 11.0. The van der Waals surface area contributed by atoms with Gasteiger partial charge in [0.15, 0.2) is 0 Å². The molecule has 1 aliphatic rings. The fourth-order valence-corrected chi connectivity index (χ4v) is 2.05. The molecular weight excluding hydrogens is 244 g/mol. The molecule has 1 heterocycles. The number of anilines is 2. The molecule has 6 nitrogen and oxygen atoms in total. The van der Waals surface area contributed by atoms with Crippen LogP contribution in [0.1, 0.15) is 10.4 Å². The maximum Gasteiger partial charge on any atom is 0.248 e. The van der Waals surface area contributed by atoms with E-state index in [2.05, 4.69) is 10.2 Å². The van der Waals surface area contributed by atoms with Crippen molar-refractivity contribution >= 4 is 17.3 Å². The van der Waals surface area contributed by atoms with Crippen molar-refractivity contribution in [3.05, 3.63) is 23.8 Å². The van der Waals surface area contributed by atoms with E-state index in [4.69, 9.17) is 16.2 Å². The highest BCUT2D eigenvalue weighted by atomic mass is 16.5. The number of carbonyl (C=O) groups is 1. The molecule has 0 spiro atoms. The van der Waals surface area contributed by atoms with Gasteiger partial charge in [-0.15, -0.1) is 0 Å². The molecule has 1 aromatic carbocycles. The molecule has 1 saturated heterocycles. The number of carbonyl (C=O) groups excluding carboxylic acids is 1. The van der Waals surface area contributed by atoms with Crippen molar-refractivity contribution in [2.45, 2.75) is 0 Å². The van der Waals surface area contributed by atoms with Crippen LogP contribution in [0.15, 0.2) is 18.2 Å². The zero-order chi connectivity index (χ0) is 13.7. The molecule has 1 aromatic rings. The Morgan fingerprint density at radius 1 is 1.37 bits per heavy atom. The largest absolute Gasteiger partial charge is 0.397 e. The smallest absolute Gasteiger partial charge is 0.248 e. The van der Waals surface area contributed by atoms with E-state index in [9.17, 15) is 4.79 Å². The number of amides is 1. The van der Waals surface area contributed by atoms with Crippen LogP contribution in [0, 0.1) is 0 Å². The fraction of sp³-hybridized carbons (Fsp3) is 0.462. The van der Waals surface area contributed by atoms with Crippen molar-refractivity contribution in [1.82, 2.24) is 4.90 Å². The highest BCUT2D eigenvalue weighted by Crippen LogP contribution is 2.19. The van der Waals surface area contributed by atoms with Gasteiger partial charge in [-0.25, -0.2) is 0 Å². The second kappa shape index (κ2) is 6.40. The Balaban J connectivity index is 1.83. The van der Waals surface area contributed by atoms with E-state index >= 15 is 0 Å². The highest BCUT2D eigenvalue weighted by molar-refractivity contribution is 5.94. The minimum absolute atomic E-state index is 0.427. The summed E-state index contributed by atoms with van der Waals surface area (Å²) in [5, 5.41) is 3.27. The number of nitrogens with one attached hydrogen (secondary N) is 1. The zero-order valence-electron chi connectivity index (χ0n) is 10.9. The van der Waals surface area contributed by atoms with Crippen LogP contribution in [0.4, 0.5) is 11.4 Å². The van der Waals surface area contributed by atoms with Crippen molar-refractivity contribution in [3.8, 4) is 0 Å². The van der Waals surface area contributed by atoms with Crippen LogP contribution in [0.3, 0.4) is 0 Å². The van der Waals surface area contributed by atoms with Crippen LogP contribution in [0.25, 0.3) is 0 Å². The Bertz CT molecular complexity index is 444. The van der Waals surface area contributed by atoms with Crippen molar-refractivity contribution in [3.63, 3.8) is 0 Å². The SMILES string of the molecule is NC(=O)c1ccc(NCCN2CCOCC2)c(N)c1. The third kappa shape index (κ3) is 3.84. The molecule has 1 amide bonds. The van der Waals surface area contributed by atoms with Crippen LogP contribution < -0.4 is 16.8 Å². The summed E-state index contributed by atoms with van der Waals surface area (Å²) in [6.07, 6.45) is 0. The first-order chi connectivity index (χ1) is 9.16. The molecular formula is C13H20N4O2. The van der Waals surface area contributed by atoms with E-state index in [0.29, 0.717) is 11.3 Å². The van der Waals surface area contributed by atoms with Crippen LogP contribution in [0.2, 0.25) is 0 Å². The number of primary amides is 1. The Morgan fingerprint density at radius 3 is 2.74 bits per heavy atom. The van der Waals surface area contributed by atoms with Gasteiger partial charge in [0.25, 0.3) is 0 Å². The van der Waals surface area contributed by atoms with Gasteiger partial charge in [0.05, 0.1) is 24.6 Å². The monoisotopic (exact) mass is 264 g/mol. The van der Waals surface area contributed by atoms with E-state index in [1.165, 1.54) is 0 Å². The summed E-state index contributed by atoms with van der Waals surface area (Å²) < 4.78 is 5.29. The first-order valence-corrected chi connectivity index (χ1v) is 6.40. The molecule has 104 valence electrons. The minimum atomic E-state index is -0.466. The summed E-state index contributed by atoms with van der Waals surface area (Å²) in [6.45, 7) is 5.29. The lowest BCUT2D eigenvalue weighted by atomic mass is 10.1. The van der Waals surface area contributed by atoms with Gasteiger partial charge < -0.3 is 21.5 Å². The highest BCUT2D eigenvalue weighted by Gasteiger charge is 2.10. The molecule has 2 rings (SSSR count). The molecule has 0 atom stereocenters. The second-order valence-corrected chi connectivity index (χ2v) is 4.55. The van der Waals surface area contributed by atoms with Crippen LogP contribution >= 0.6 is 0 Å². The van der Waals surface area contributed by atoms with Crippen LogP contribution in [-0.2, 0) is 4.74 Å². The van der Waals surface area contributed by atoms with E-state index in [1.54, 1.807) is 18.2 Å². The Labute approximate surface area is 112 Å². The molecule has 0 bridgehead atoms. The first kappa shape index (κ1) is 13.6. The number of ether oxygens (including phenoxy) is 1. The molecule has 0 unspecified atom stereocenters. The zero-order valence-corrected chi connectivity index (χ0v) is 10.9. The number of benzene rings is 1. The van der Waals surface area contributed by atoms with Gasteiger partial charge in [-0.05, 0) is 18.2 Å². The van der Waals surface area contributed by atoms with Gasteiger partial charge in [-0.1, -0.05) is 0 Å². The third-order valence-electron chi connectivity index (χ3n) is 3.18. The van der Waals surface area contributed by atoms with Crippen molar-refractivity contribution in [1.29, 1.82) is 0 Å². The number of hydrogen-bond donors (Lipinski definition) is 3. The molecule has 0 aliphatic carbocycles. The van der Waals surface area contributed by atoms with Gasteiger partial charge >= 0.3 is 0 Å². The molecule has 0 radical (unpaired) electrons. The average Bonchev–Trinajstić information content (AvgIpc) is 2.41. The molecule has 0 saturated carbocycles. The van der Waals surface area contributed by atoms with E-state index in [0.717, 1.165) is 45.1 Å². The molecule has 6 heteroatoms. The quantitative estimate of drug-likeness (QED) is 0.656. The molecule has 5 N–H and O–H groups in total. The Hall–Kier alpha value is -1.79. The summed E-state index contributed by atoms with van der Waals surface area (Å²) in [5.41, 5.74) is 12.9. The first-order valence-electron chi connectivity index (χ1n) is 6.40. The lowest BCUT2D eigenvalue weighted by molar-refractivity contribution is 0.0398. The van der Waals surface area contributed by atoms with E-state index in [-0.39, 0.29) is 0 Å². The van der Waals surface area contributed by atoms with Gasteiger partial charge in [0, 0.05) is 31.7 Å². The summed E-state index contributed by atoms with van der Waals surface area (Å²) in [7, 11) is 0. The van der Waals surface area contributed by atoms with E-state index < -0.39 is 5.91 Å². The number of nitrogens with zero attached hydrogens (tertiary/aromatic N) is 1. The number of rotatable bonds is 5. The standard InChI is InChI=1S/C13H20N4O2/c14-11-9-10(13(15)18)1-2-12(11)16-3-4-17-5-7-19-8-6-17/h1-2,9,16H,3-8,14H2,(H2,15,18). The minimum Gasteiger partial charge on any atom is -0.397 e. The summed E-state index contributed by atoms with van der Waals surface area (Å²) in [6, 6.07) is 5.06. The predicted molar refractivity (Wildman–Crippen MR) is 75.1 cm³/mol. The van der Waals surface area contributed by atoms with E-state index in [1.807, 2.05) is 0 Å². The van der Waals surface area contributed by atoms with Gasteiger partial charge in [-0.3, -0.25) is 9.69 Å². The second-order valence-electron chi connectivity index (χ2n) is 4.55. The third-order valence-corrected chi connectivity index (χ3v) is 3.18.